The molecule has 0 aliphatic carbocycles. The zero-order valence-electron chi connectivity index (χ0n) is 17.4. The number of rotatable bonds is 6. The van der Waals surface area contributed by atoms with Crippen molar-refractivity contribution in [2.45, 2.75) is 32.6 Å². The van der Waals surface area contributed by atoms with Crippen molar-refractivity contribution in [1.29, 1.82) is 0 Å². The number of nitro benzene ring substituents is 1. The summed E-state index contributed by atoms with van der Waals surface area (Å²) in [5.41, 5.74) is 4.92. The van der Waals surface area contributed by atoms with Crippen LogP contribution < -0.4 is 5.43 Å². The van der Waals surface area contributed by atoms with Gasteiger partial charge in [-0.1, -0.05) is 56.6 Å². The van der Waals surface area contributed by atoms with Gasteiger partial charge in [-0.05, 0) is 34.7 Å². The van der Waals surface area contributed by atoms with Gasteiger partial charge in [0.1, 0.15) is 11.5 Å². The normalized spacial score (nSPS) is 11.6. The number of nitro groups is 1. The largest absolute Gasteiger partial charge is 0.455 e. The minimum absolute atomic E-state index is 0.0574. The average molecular weight is 440 g/mol. The summed E-state index contributed by atoms with van der Waals surface area (Å²) in [5.74, 6) is 0.473. The molecule has 0 bridgehead atoms. The molecule has 0 spiro atoms. The first-order valence-corrected chi connectivity index (χ1v) is 9.97. The molecule has 31 heavy (non-hydrogen) atoms. The van der Waals surface area contributed by atoms with Crippen LogP contribution in [0, 0.1) is 10.1 Å². The molecule has 1 amide bonds. The van der Waals surface area contributed by atoms with Gasteiger partial charge in [0.15, 0.2) is 0 Å². The van der Waals surface area contributed by atoms with Crippen LogP contribution in [0.25, 0.3) is 11.3 Å². The van der Waals surface area contributed by atoms with Gasteiger partial charge in [-0.2, -0.15) is 5.10 Å². The zero-order chi connectivity index (χ0) is 22.6. The smallest absolute Gasteiger partial charge is 0.270 e. The first-order valence-electron chi connectivity index (χ1n) is 9.59. The number of hydrazone groups is 1. The van der Waals surface area contributed by atoms with E-state index in [-0.39, 0.29) is 23.4 Å². The van der Waals surface area contributed by atoms with Crippen molar-refractivity contribution in [2.75, 3.05) is 0 Å². The number of benzene rings is 2. The maximum absolute atomic E-state index is 12.1. The Kier molecular flexibility index (Phi) is 6.56. The fourth-order valence-electron chi connectivity index (χ4n) is 2.90. The Hall–Kier alpha value is -3.45. The van der Waals surface area contributed by atoms with Crippen LogP contribution in [0.4, 0.5) is 5.69 Å². The van der Waals surface area contributed by atoms with E-state index in [9.17, 15) is 14.9 Å². The molecule has 7 nitrogen and oxygen atoms in total. The van der Waals surface area contributed by atoms with E-state index in [2.05, 4.69) is 31.3 Å². The number of nitrogens with one attached hydrogen (secondary N) is 1. The second-order valence-electron chi connectivity index (χ2n) is 8.04. The van der Waals surface area contributed by atoms with E-state index in [4.69, 9.17) is 16.0 Å². The first kappa shape index (κ1) is 22.2. The second-order valence-corrected chi connectivity index (χ2v) is 8.45. The highest BCUT2D eigenvalue weighted by Gasteiger charge is 2.15. The predicted octanol–water partition coefficient (Wildman–Crippen LogP) is 5.50. The maximum Gasteiger partial charge on any atom is 0.270 e. The fourth-order valence-corrected chi connectivity index (χ4v) is 3.11. The van der Waals surface area contributed by atoms with Gasteiger partial charge in [0, 0.05) is 17.7 Å². The molecule has 0 saturated carbocycles. The molecular weight excluding hydrogens is 418 g/mol. The highest BCUT2D eigenvalue weighted by atomic mass is 35.5. The van der Waals surface area contributed by atoms with Crippen molar-refractivity contribution in [1.82, 2.24) is 5.43 Å². The van der Waals surface area contributed by atoms with Crippen LogP contribution in [-0.4, -0.2) is 17.0 Å². The third kappa shape index (κ3) is 5.79. The Balaban J connectivity index is 1.61. The summed E-state index contributed by atoms with van der Waals surface area (Å²) in [6, 6.07) is 15.3. The Bertz CT molecular complexity index is 1130. The van der Waals surface area contributed by atoms with E-state index in [0.29, 0.717) is 22.1 Å². The van der Waals surface area contributed by atoms with E-state index >= 15 is 0 Å². The quantitative estimate of drug-likeness (QED) is 0.311. The van der Waals surface area contributed by atoms with Crippen LogP contribution in [0.3, 0.4) is 0 Å². The van der Waals surface area contributed by atoms with Gasteiger partial charge in [-0.15, -0.1) is 0 Å². The molecule has 160 valence electrons. The van der Waals surface area contributed by atoms with Crippen molar-refractivity contribution in [3.05, 3.63) is 86.6 Å². The van der Waals surface area contributed by atoms with Crippen LogP contribution in [0.15, 0.2) is 64.1 Å². The number of non-ortho nitro benzene ring substituents is 1. The van der Waals surface area contributed by atoms with Crippen molar-refractivity contribution < 1.29 is 14.1 Å². The molecular formula is C23H22ClN3O4. The van der Waals surface area contributed by atoms with Crippen molar-refractivity contribution in [3.8, 4) is 11.3 Å². The third-order valence-corrected chi connectivity index (χ3v) is 4.95. The lowest BCUT2D eigenvalue weighted by atomic mass is 9.86. The fraction of sp³-hybridized carbons (Fsp3) is 0.217. The molecule has 0 atom stereocenters. The molecule has 0 radical (unpaired) electrons. The number of hydrogen-bond acceptors (Lipinski definition) is 5. The number of nitrogens with zero attached hydrogens (tertiary/aromatic N) is 2. The molecule has 1 N–H and O–H groups in total. The number of amides is 1. The molecule has 1 aromatic heterocycles. The molecule has 0 aliphatic heterocycles. The summed E-state index contributed by atoms with van der Waals surface area (Å²) >= 11 is 6.13. The molecule has 3 rings (SSSR count). The van der Waals surface area contributed by atoms with Gasteiger partial charge in [0.25, 0.3) is 5.69 Å². The number of halogens is 1. The lowest BCUT2D eigenvalue weighted by Gasteiger charge is -2.19. The summed E-state index contributed by atoms with van der Waals surface area (Å²) < 4.78 is 5.62. The van der Waals surface area contributed by atoms with E-state index in [1.165, 1.54) is 30.0 Å². The van der Waals surface area contributed by atoms with Gasteiger partial charge in [0.2, 0.25) is 5.91 Å². The van der Waals surface area contributed by atoms with Crippen LogP contribution in [0.2, 0.25) is 5.02 Å². The van der Waals surface area contributed by atoms with E-state index in [1.807, 2.05) is 24.3 Å². The van der Waals surface area contributed by atoms with Crippen molar-refractivity contribution in [2.24, 2.45) is 5.10 Å². The second kappa shape index (κ2) is 9.14. The SMILES string of the molecule is CC(C)(C)c1ccc(CC(=O)N/N=C\c2ccc(-c3cc([N+](=O)[O-])ccc3Cl)o2)cc1. The monoisotopic (exact) mass is 439 g/mol. The Labute approximate surface area is 184 Å². The van der Waals surface area contributed by atoms with Crippen LogP contribution in [-0.2, 0) is 16.6 Å². The highest BCUT2D eigenvalue weighted by molar-refractivity contribution is 6.33. The molecule has 0 saturated heterocycles. The molecule has 0 aliphatic rings. The lowest BCUT2D eigenvalue weighted by Crippen LogP contribution is -2.20. The Morgan fingerprint density at radius 1 is 1.16 bits per heavy atom. The predicted molar refractivity (Wildman–Crippen MR) is 120 cm³/mol. The average Bonchev–Trinajstić information content (AvgIpc) is 3.16. The summed E-state index contributed by atoms with van der Waals surface area (Å²) in [6.07, 6.45) is 1.56. The topological polar surface area (TPSA) is 97.7 Å². The van der Waals surface area contributed by atoms with E-state index in [0.717, 1.165) is 5.56 Å². The van der Waals surface area contributed by atoms with E-state index in [1.54, 1.807) is 12.1 Å². The molecule has 0 fully saturated rings. The molecule has 8 heteroatoms. The minimum Gasteiger partial charge on any atom is -0.455 e. The van der Waals surface area contributed by atoms with E-state index < -0.39 is 4.92 Å². The molecule has 3 aromatic rings. The number of carbonyl (C=O) groups excluding carboxylic acids is 1. The van der Waals surface area contributed by atoms with Gasteiger partial charge in [-0.25, -0.2) is 5.43 Å². The Morgan fingerprint density at radius 2 is 1.87 bits per heavy atom. The van der Waals surface area contributed by atoms with Gasteiger partial charge in [-0.3, -0.25) is 14.9 Å². The highest BCUT2D eigenvalue weighted by Crippen LogP contribution is 2.32. The Morgan fingerprint density at radius 3 is 2.52 bits per heavy atom. The number of furan rings is 1. The van der Waals surface area contributed by atoms with Crippen molar-refractivity contribution >= 4 is 29.4 Å². The standard InChI is InChI=1S/C23H22ClN3O4/c1-23(2,3)16-6-4-15(5-7-16)12-22(28)26-25-14-18-9-11-21(31-18)19-13-17(27(29)30)8-10-20(19)24/h4-11,13-14H,12H2,1-3H3,(H,26,28)/b25-14-. The van der Waals surface area contributed by atoms with Gasteiger partial charge >= 0.3 is 0 Å². The summed E-state index contributed by atoms with van der Waals surface area (Å²) in [4.78, 5) is 22.6. The molecule has 2 aromatic carbocycles. The number of hydrogen-bond donors (Lipinski definition) is 1. The van der Waals surface area contributed by atoms with Gasteiger partial charge < -0.3 is 4.42 Å². The van der Waals surface area contributed by atoms with Crippen LogP contribution in [0.1, 0.15) is 37.7 Å². The first-order chi connectivity index (χ1) is 14.6. The van der Waals surface area contributed by atoms with Crippen LogP contribution in [0.5, 0.6) is 0 Å². The summed E-state index contributed by atoms with van der Waals surface area (Å²) in [6.45, 7) is 6.41. The maximum atomic E-state index is 12.1. The minimum atomic E-state index is -0.503. The number of carbonyl (C=O) groups is 1. The zero-order valence-corrected chi connectivity index (χ0v) is 18.1. The van der Waals surface area contributed by atoms with Crippen molar-refractivity contribution in [3.63, 3.8) is 0 Å². The van der Waals surface area contributed by atoms with Crippen LogP contribution >= 0.6 is 11.6 Å². The third-order valence-electron chi connectivity index (χ3n) is 4.62. The van der Waals surface area contributed by atoms with Gasteiger partial charge in [0.05, 0.1) is 22.6 Å². The molecule has 1 heterocycles. The summed E-state index contributed by atoms with van der Waals surface area (Å²) in [5, 5.41) is 15.2. The lowest BCUT2D eigenvalue weighted by molar-refractivity contribution is -0.384. The summed E-state index contributed by atoms with van der Waals surface area (Å²) in [7, 11) is 0. The molecule has 0 unspecified atom stereocenters.